The lowest BCUT2D eigenvalue weighted by atomic mass is 10.1. The van der Waals surface area contributed by atoms with Gasteiger partial charge in [-0.2, -0.15) is 0 Å². The van der Waals surface area contributed by atoms with Crippen molar-refractivity contribution in [2.24, 2.45) is 0 Å². The number of aliphatic carboxylic acids is 1. The summed E-state index contributed by atoms with van der Waals surface area (Å²) in [4.78, 5) is 46.3. The van der Waals surface area contributed by atoms with Gasteiger partial charge in [0.2, 0.25) is 5.88 Å². The van der Waals surface area contributed by atoms with Crippen molar-refractivity contribution < 1.29 is 29.0 Å². The number of nitrogens with zero attached hydrogens (tertiary/aromatic N) is 6. The second kappa shape index (κ2) is 13.6. The van der Waals surface area contributed by atoms with Gasteiger partial charge in [0.05, 0.1) is 24.7 Å². The molecule has 0 aliphatic rings. The molecule has 12 nitrogen and oxygen atoms in total. The highest BCUT2D eigenvalue weighted by atomic mass is 16.5. The summed E-state index contributed by atoms with van der Waals surface area (Å²) in [6.07, 6.45) is 3.08. The van der Waals surface area contributed by atoms with Crippen molar-refractivity contribution in [1.29, 1.82) is 0 Å². The van der Waals surface area contributed by atoms with Crippen LogP contribution in [0.5, 0.6) is 5.88 Å². The Bertz CT molecular complexity index is 1990. The van der Waals surface area contributed by atoms with E-state index in [-0.39, 0.29) is 37.6 Å². The van der Waals surface area contributed by atoms with Crippen LogP contribution in [-0.4, -0.2) is 52.4 Å². The van der Waals surface area contributed by atoms with Gasteiger partial charge in [0.15, 0.2) is 5.65 Å². The summed E-state index contributed by atoms with van der Waals surface area (Å²) in [5, 5.41) is 16.3. The zero-order valence-corrected chi connectivity index (χ0v) is 24.5. The number of hydrogen-bond donors (Lipinski definition) is 1. The maximum absolute atomic E-state index is 13.2. The van der Waals surface area contributed by atoms with E-state index in [2.05, 4.69) is 10.3 Å². The van der Waals surface area contributed by atoms with Crippen molar-refractivity contribution in [2.75, 3.05) is 0 Å². The summed E-state index contributed by atoms with van der Waals surface area (Å²) in [6, 6.07) is 29.1. The SMILES string of the molecule is O=C(O)Cn1cc(COC(=O)CCC(=O)Oc2c(Cc3ccccc3)nc3c(-c4ccccc4)nc(-c4ccccc4)cn23)nn1. The second-order valence-corrected chi connectivity index (χ2v) is 10.4. The molecule has 46 heavy (non-hydrogen) atoms. The van der Waals surface area contributed by atoms with E-state index in [4.69, 9.17) is 24.5 Å². The van der Waals surface area contributed by atoms with E-state index in [0.717, 1.165) is 21.4 Å². The zero-order valence-electron chi connectivity index (χ0n) is 24.5. The van der Waals surface area contributed by atoms with Gasteiger partial charge in [0.1, 0.15) is 30.2 Å². The lowest BCUT2D eigenvalue weighted by Gasteiger charge is -2.10. The number of carbonyl (C=O) groups excluding carboxylic acids is 2. The molecule has 6 rings (SSSR count). The fraction of sp³-hybridized carbons (Fsp3) is 0.147. The highest BCUT2D eigenvalue weighted by Gasteiger charge is 2.23. The topological polar surface area (TPSA) is 151 Å². The van der Waals surface area contributed by atoms with E-state index in [1.54, 1.807) is 10.6 Å². The Kier molecular flexibility index (Phi) is 8.86. The van der Waals surface area contributed by atoms with E-state index < -0.39 is 17.9 Å². The van der Waals surface area contributed by atoms with Gasteiger partial charge in [-0.05, 0) is 5.56 Å². The number of rotatable bonds is 12. The number of carboxylic acids is 1. The molecular weight excluding hydrogens is 588 g/mol. The predicted octanol–water partition coefficient (Wildman–Crippen LogP) is 4.76. The van der Waals surface area contributed by atoms with E-state index in [1.165, 1.54) is 6.20 Å². The van der Waals surface area contributed by atoms with Crippen LogP contribution < -0.4 is 4.74 Å². The molecule has 3 aromatic heterocycles. The molecule has 0 amide bonds. The number of ether oxygens (including phenoxy) is 2. The van der Waals surface area contributed by atoms with Crippen LogP contribution in [0.1, 0.15) is 29.8 Å². The third kappa shape index (κ3) is 7.13. The first-order chi connectivity index (χ1) is 22.4. The van der Waals surface area contributed by atoms with Crippen molar-refractivity contribution in [1.82, 2.24) is 29.4 Å². The molecule has 0 radical (unpaired) electrons. The van der Waals surface area contributed by atoms with Crippen molar-refractivity contribution in [3.8, 4) is 28.4 Å². The molecule has 0 aliphatic carbocycles. The van der Waals surface area contributed by atoms with Gasteiger partial charge in [-0.3, -0.25) is 18.8 Å². The molecule has 0 unspecified atom stereocenters. The number of aromatic nitrogens is 6. The Labute approximate surface area is 262 Å². The summed E-state index contributed by atoms with van der Waals surface area (Å²) in [5.41, 5.74) is 5.34. The van der Waals surface area contributed by atoms with E-state index in [0.29, 0.717) is 29.1 Å². The maximum atomic E-state index is 13.2. The smallest absolute Gasteiger partial charge is 0.325 e. The predicted molar refractivity (Wildman–Crippen MR) is 165 cm³/mol. The number of esters is 2. The van der Waals surface area contributed by atoms with Crippen LogP contribution in [-0.2, 0) is 38.7 Å². The molecule has 3 heterocycles. The first-order valence-electron chi connectivity index (χ1n) is 14.5. The number of hydrogen-bond acceptors (Lipinski definition) is 9. The molecular formula is C34H28N6O6. The highest BCUT2D eigenvalue weighted by molar-refractivity contribution is 5.81. The van der Waals surface area contributed by atoms with Crippen molar-refractivity contribution >= 4 is 23.6 Å². The lowest BCUT2D eigenvalue weighted by Crippen LogP contribution is -2.14. The Balaban J connectivity index is 1.27. The molecule has 0 atom stereocenters. The molecule has 0 saturated carbocycles. The number of carboxylic acid groups (broad SMARTS) is 1. The molecule has 12 heteroatoms. The number of carbonyl (C=O) groups is 3. The lowest BCUT2D eigenvalue weighted by molar-refractivity contribution is -0.148. The molecule has 0 fully saturated rings. The van der Waals surface area contributed by atoms with Gasteiger partial charge in [-0.25, -0.2) is 14.6 Å². The minimum absolute atomic E-state index is 0.209. The Morgan fingerprint density at radius 3 is 2.11 bits per heavy atom. The van der Waals surface area contributed by atoms with Gasteiger partial charge < -0.3 is 14.6 Å². The van der Waals surface area contributed by atoms with Crippen LogP contribution >= 0.6 is 0 Å². The normalized spacial score (nSPS) is 11.0. The van der Waals surface area contributed by atoms with Crippen molar-refractivity contribution in [2.45, 2.75) is 32.4 Å². The van der Waals surface area contributed by atoms with Crippen LogP contribution in [0.2, 0.25) is 0 Å². The summed E-state index contributed by atoms with van der Waals surface area (Å²) in [5.74, 6) is -2.12. The molecule has 230 valence electrons. The second-order valence-electron chi connectivity index (χ2n) is 10.4. The van der Waals surface area contributed by atoms with E-state index >= 15 is 0 Å². The highest BCUT2D eigenvalue weighted by Crippen LogP contribution is 2.32. The monoisotopic (exact) mass is 616 g/mol. The maximum Gasteiger partial charge on any atom is 0.325 e. The van der Waals surface area contributed by atoms with Gasteiger partial charge >= 0.3 is 17.9 Å². The number of fused-ring (bicyclic) bond motifs is 1. The van der Waals surface area contributed by atoms with E-state index in [1.807, 2.05) is 91.0 Å². The van der Waals surface area contributed by atoms with Crippen LogP contribution in [0.15, 0.2) is 103 Å². The van der Waals surface area contributed by atoms with Gasteiger partial charge in [0.25, 0.3) is 0 Å². The molecule has 1 N–H and O–H groups in total. The first kappa shape index (κ1) is 29.9. The van der Waals surface area contributed by atoms with Crippen LogP contribution in [0.3, 0.4) is 0 Å². The first-order valence-corrected chi connectivity index (χ1v) is 14.5. The largest absolute Gasteiger partial charge is 0.480 e. The Hall–Kier alpha value is -6.17. The van der Waals surface area contributed by atoms with E-state index in [9.17, 15) is 14.4 Å². The van der Waals surface area contributed by atoms with Crippen LogP contribution in [0.25, 0.3) is 28.2 Å². The third-order valence-corrected chi connectivity index (χ3v) is 6.97. The average molecular weight is 617 g/mol. The molecule has 3 aromatic carbocycles. The summed E-state index contributed by atoms with van der Waals surface area (Å²) in [7, 11) is 0. The minimum Gasteiger partial charge on any atom is -0.480 e. The van der Waals surface area contributed by atoms with Gasteiger partial charge in [-0.1, -0.05) is 96.2 Å². The molecule has 0 bridgehead atoms. The number of benzene rings is 3. The van der Waals surface area contributed by atoms with Gasteiger partial charge in [-0.15, -0.1) is 5.10 Å². The molecule has 0 aliphatic heterocycles. The van der Waals surface area contributed by atoms with Crippen LogP contribution in [0.4, 0.5) is 0 Å². The van der Waals surface area contributed by atoms with Gasteiger partial charge in [0, 0.05) is 23.7 Å². The average Bonchev–Trinajstić information content (AvgIpc) is 3.66. The molecule has 6 aromatic rings. The quantitative estimate of drug-likeness (QED) is 0.191. The Morgan fingerprint density at radius 1 is 0.761 bits per heavy atom. The zero-order chi connectivity index (χ0) is 31.9. The molecule has 0 spiro atoms. The fourth-order valence-electron chi connectivity index (χ4n) is 4.83. The third-order valence-electron chi connectivity index (χ3n) is 6.97. The fourth-order valence-corrected chi connectivity index (χ4v) is 4.83. The summed E-state index contributed by atoms with van der Waals surface area (Å²) >= 11 is 0. The Morgan fingerprint density at radius 2 is 1.41 bits per heavy atom. The van der Waals surface area contributed by atoms with Crippen molar-refractivity contribution in [3.63, 3.8) is 0 Å². The molecule has 0 saturated heterocycles. The van der Waals surface area contributed by atoms with Crippen LogP contribution in [0, 0.1) is 0 Å². The van der Waals surface area contributed by atoms with Crippen molar-refractivity contribution in [3.05, 3.63) is 120 Å². The number of imidazole rings is 1. The summed E-state index contributed by atoms with van der Waals surface area (Å²) in [6.45, 7) is -0.572. The standard InChI is InChI=1S/C34H28N6O6/c41-29(42)21-39-19-26(37-38-39)22-45-30(43)16-17-31(44)46-34-27(18-23-10-4-1-5-11-23)36-33-32(25-14-8-3-9-15-25)35-28(20-40(33)34)24-12-6-2-7-13-24/h1-15,19-20H,16-18,21-22H2,(H,41,42). The summed E-state index contributed by atoms with van der Waals surface area (Å²) < 4.78 is 14.0. The minimum atomic E-state index is -1.08.